The Bertz CT molecular complexity index is 989. The Labute approximate surface area is 177 Å². The summed E-state index contributed by atoms with van der Waals surface area (Å²) in [6.07, 6.45) is 5.07. The lowest BCUT2D eigenvalue weighted by molar-refractivity contribution is -0.140. The molecule has 4 amide bonds. The van der Waals surface area contributed by atoms with Gasteiger partial charge in [-0.1, -0.05) is 24.3 Å². The molecule has 2 aromatic rings. The molecule has 154 valence electrons. The van der Waals surface area contributed by atoms with Crippen molar-refractivity contribution in [2.75, 3.05) is 17.2 Å². The van der Waals surface area contributed by atoms with E-state index in [2.05, 4.69) is 10.6 Å². The third-order valence-corrected chi connectivity index (χ3v) is 6.18. The first-order valence-electron chi connectivity index (χ1n) is 9.78. The molecule has 2 N–H and O–H groups in total. The average Bonchev–Trinajstić information content (AvgIpc) is 3.36. The maximum atomic E-state index is 12.5. The number of anilines is 2. The van der Waals surface area contributed by atoms with Crippen molar-refractivity contribution in [2.45, 2.75) is 19.3 Å². The van der Waals surface area contributed by atoms with Gasteiger partial charge in [0.25, 0.3) is 5.91 Å². The van der Waals surface area contributed by atoms with E-state index in [0.29, 0.717) is 29.1 Å². The van der Waals surface area contributed by atoms with E-state index in [0.717, 1.165) is 0 Å². The van der Waals surface area contributed by atoms with Gasteiger partial charge in [-0.15, -0.1) is 11.3 Å². The highest BCUT2D eigenvalue weighted by Crippen LogP contribution is 2.35. The molecular formula is C22H21N3O4S. The van der Waals surface area contributed by atoms with Gasteiger partial charge in [-0.25, -0.2) is 0 Å². The van der Waals surface area contributed by atoms with E-state index >= 15 is 0 Å². The average molecular weight is 423 g/mol. The summed E-state index contributed by atoms with van der Waals surface area (Å²) in [5, 5.41) is 7.38. The lowest BCUT2D eigenvalue weighted by Gasteiger charge is -2.14. The van der Waals surface area contributed by atoms with E-state index in [-0.39, 0.29) is 48.4 Å². The van der Waals surface area contributed by atoms with Crippen molar-refractivity contribution in [2.24, 2.45) is 11.8 Å². The largest absolute Gasteiger partial charge is 0.326 e. The fraction of sp³-hybridized carbons (Fsp3) is 0.273. The van der Waals surface area contributed by atoms with Crippen molar-refractivity contribution in [3.63, 3.8) is 0 Å². The number of nitrogens with zero attached hydrogens (tertiary/aromatic N) is 1. The molecule has 2 unspecified atom stereocenters. The normalized spacial score (nSPS) is 20.2. The lowest BCUT2D eigenvalue weighted by Crippen LogP contribution is -2.34. The predicted molar refractivity (Wildman–Crippen MR) is 114 cm³/mol. The van der Waals surface area contributed by atoms with Crippen LogP contribution in [0.2, 0.25) is 0 Å². The van der Waals surface area contributed by atoms with Gasteiger partial charge in [-0.3, -0.25) is 24.1 Å². The zero-order chi connectivity index (χ0) is 21.1. The van der Waals surface area contributed by atoms with E-state index in [4.69, 9.17) is 0 Å². The number of fused-ring (bicyclic) bond motifs is 1. The van der Waals surface area contributed by atoms with Crippen molar-refractivity contribution >= 4 is 46.3 Å². The number of amides is 4. The molecule has 2 aliphatic rings. The molecule has 0 bridgehead atoms. The Balaban J connectivity index is 1.32. The summed E-state index contributed by atoms with van der Waals surface area (Å²) in [7, 11) is 0. The molecule has 0 radical (unpaired) electrons. The summed E-state index contributed by atoms with van der Waals surface area (Å²) in [6.45, 7) is 0.0747. The van der Waals surface area contributed by atoms with Crippen molar-refractivity contribution in [1.82, 2.24) is 4.90 Å². The second kappa shape index (κ2) is 8.62. The number of hydrogen-bond donors (Lipinski definition) is 2. The minimum Gasteiger partial charge on any atom is -0.326 e. The van der Waals surface area contributed by atoms with Gasteiger partial charge in [0.15, 0.2) is 0 Å². The Kier molecular flexibility index (Phi) is 5.76. The van der Waals surface area contributed by atoms with Crippen LogP contribution in [0.4, 0.5) is 11.4 Å². The summed E-state index contributed by atoms with van der Waals surface area (Å²) in [5.74, 6) is -1.44. The minimum absolute atomic E-state index is 0.0239. The molecular weight excluding hydrogens is 402 g/mol. The number of imide groups is 1. The minimum atomic E-state index is -0.301. The maximum absolute atomic E-state index is 12.5. The molecule has 1 aromatic carbocycles. The number of hydrogen-bond acceptors (Lipinski definition) is 5. The van der Waals surface area contributed by atoms with Crippen LogP contribution in [0.5, 0.6) is 0 Å². The van der Waals surface area contributed by atoms with Crippen LogP contribution in [-0.4, -0.2) is 35.1 Å². The maximum Gasteiger partial charge on any atom is 0.265 e. The molecule has 2 atom stereocenters. The molecule has 1 fully saturated rings. The molecule has 4 rings (SSSR count). The molecule has 1 saturated heterocycles. The number of carbonyl (C=O) groups excluding carboxylic acids is 4. The first-order chi connectivity index (χ1) is 14.5. The standard InChI is InChI=1S/C22H21N3O4S/c26-19(10-11-25-21(28)16-7-1-2-8-17(16)22(25)29)23-14-5-3-6-15(13-14)24-20(27)18-9-4-12-30-18/h1-6,9,12-13,16-17H,7-8,10-11H2,(H,23,26)(H,24,27). The molecule has 30 heavy (non-hydrogen) atoms. The van der Waals surface area contributed by atoms with Crippen molar-refractivity contribution in [1.29, 1.82) is 0 Å². The summed E-state index contributed by atoms with van der Waals surface area (Å²) < 4.78 is 0. The van der Waals surface area contributed by atoms with Crippen LogP contribution in [-0.2, 0) is 14.4 Å². The van der Waals surface area contributed by atoms with Gasteiger partial charge in [0.1, 0.15) is 0 Å². The van der Waals surface area contributed by atoms with Gasteiger partial charge in [0.05, 0.1) is 16.7 Å². The summed E-state index contributed by atoms with van der Waals surface area (Å²) in [5.41, 5.74) is 1.09. The van der Waals surface area contributed by atoms with Crippen LogP contribution in [0.25, 0.3) is 0 Å². The van der Waals surface area contributed by atoms with E-state index in [1.165, 1.54) is 16.2 Å². The summed E-state index contributed by atoms with van der Waals surface area (Å²) in [4.78, 5) is 51.3. The van der Waals surface area contributed by atoms with Gasteiger partial charge in [-0.05, 0) is 42.5 Å². The van der Waals surface area contributed by atoms with Crippen LogP contribution in [0.15, 0.2) is 53.9 Å². The molecule has 1 aliphatic carbocycles. The van der Waals surface area contributed by atoms with E-state index in [1.54, 1.807) is 36.4 Å². The first kappa shape index (κ1) is 20.0. The number of thiophene rings is 1. The highest BCUT2D eigenvalue weighted by molar-refractivity contribution is 7.12. The third-order valence-electron chi connectivity index (χ3n) is 5.31. The predicted octanol–water partition coefficient (Wildman–Crippen LogP) is 3.28. The third kappa shape index (κ3) is 4.18. The summed E-state index contributed by atoms with van der Waals surface area (Å²) in [6, 6.07) is 10.4. The van der Waals surface area contributed by atoms with Crippen molar-refractivity contribution in [3.8, 4) is 0 Å². The molecule has 0 spiro atoms. The van der Waals surface area contributed by atoms with Crippen LogP contribution in [0.1, 0.15) is 28.9 Å². The number of likely N-dealkylation sites (tertiary alicyclic amines) is 1. The topological polar surface area (TPSA) is 95.6 Å². The van der Waals surface area contributed by atoms with E-state index in [1.807, 2.05) is 17.5 Å². The zero-order valence-electron chi connectivity index (χ0n) is 16.2. The Hall–Kier alpha value is -3.26. The van der Waals surface area contributed by atoms with Gasteiger partial charge < -0.3 is 10.6 Å². The molecule has 2 heterocycles. The number of nitrogens with one attached hydrogen (secondary N) is 2. The number of allylic oxidation sites excluding steroid dienone is 2. The highest BCUT2D eigenvalue weighted by Gasteiger charge is 2.46. The van der Waals surface area contributed by atoms with Crippen LogP contribution >= 0.6 is 11.3 Å². The molecule has 0 saturated carbocycles. The molecule has 1 aliphatic heterocycles. The highest BCUT2D eigenvalue weighted by atomic mass is 32.1. The lowest BCUT2D eigenvalue weighted by atomic mass is 9.85. The first-order valence-corrected chi connectivity index (χ1v) is 10.7. The summed E-state index contributed by atoms with van der Waals surface area (Å²) >= 11 is 1.35. The fourth-order valence-corrected chi connectivity index (χ4v) is 4.42. The quantitative estimate of drug-likeness (QED) is 0.551. The Morgan fingerprint density at radius 2 is 1.63 bits per heavy atom. The van der Waals surface area contributed by atoms with Gasteiger partial charge >= 0.3 is 0 Å². The molecule has 8 heteroatoms. The van der Waals surface area contributed by atoms with Crippen molar-refractivity contribution < 1.29 is 19.2 Å². The van der Waals surface area contributed by atoms with Gasteiger partial charge in [-0.2, -0.15) is 0 Å². The van der Waals surface area contributed by atoms with Crippen LogP contribution in [0, 0.1) is 11.8 Å². The van der Waals surface area contributed by atoms with Gasteiger partial charge in [0.2, 0.25) is 17.7 Å². The fourth-order valence-electron chi connectivity index (χ4n) is 3.80. The number of carbonyl (C=O) groups is 4. The van der Waals surface area contributed by atoms with Gasteiger partial charge in [0, 0.05) is 24.3 Å². The second-order valence-corrected chi connectivity index (χ2v) is 8.24. The molecule has 1 aromatic heterocycles. The zero-order valence-corrected chi connectivity index (χ0v) is 17.0. The van der Waals surface area contributed by atoms with Crippen LogP contribution in [0.3, 0.4) is 0 Å². The Morgan fingerprint density at radius 1 is 0.967 bits per heavy atom. The smallest absolute Gasteiger partial charge is 0.265 e. The van der Waals surface area contributed by atoms with E-state index < -0.39 is 0 Å². The SMILES string of the molecule is O=C(CCN1C(=O)C2CC=CCC2C1=O)Nc1cccc(NC(=O)c2cccs2)c1. The second-order valence-electron chi connectivity index (χ2n) is 7.29. The Morgan fingerprint density at radius 3 is 2.27 bits per heavy atom. The van der Waals surface area contributed by atoms with E-state index in [9.17, 15) is 19.2 Å². The number of rotatable bonds is 6. The van der Waals surface area contributed by atoms with Crippen LogP contribution < -0.4 is 10.6 Å². The monoisotopic (exact) mass is 423 g/mol. The molecule has 7 nitrogen and oxygen atoms in total. The van der Waals surface area contributed by atoms with Crippen molar-refractivity contribution in [3.05, 3.63) is 58.8 Å². The number of benzene rings is 1.